The van der Waals surface area contributed by atoms with Crippen molar-refractivity contribution in [2.45, 2.75) is 45.0 Å². The molecule has 0 unspecified atom stereocenters. The molecular formula is C14H19F3N4O2. The van der Waals surface area contributed by atoms with Crippen LogP contribution in [-0.2, 0) is 11.2 Å². The Bertz CT molecular complexity index is 566. The number of likely N-dealkylation sites (tertiary alicyclic amines) is 1. The molecule has 1 amide bonds. The van der Waals surface area contributed by atoms with Crippen molar-refractivity contribution in [2.24, 2.45) is 0 Å². The highest BCUT2D eigenvalue weighted by Crippen LogP contribution is 2.22. The molecule has 0 aliphatic carbocycles. The second-order valence-corrected chi connectivity index (χ2v) is 6.41. The quantitative estimate of drug-likeness (QED) is 0.921. The number of hydrogen-bond acceptors (Lipinski definition) is 5. The van der Waals surface area contributed by atoms with Crippen molar-refractivity contribution in [3.05, 3.63) is 18.1 Å². The van der Waals surface area contributed by atoms with E-state index in [9.17, 15) is 18.0 Å². The summed E-state index contributed by atoms with van der Waals surface area (Å²) in [4.78, 5) is 20.8. The van der Waals surface area contributed by atoms with Gasteiger partial charge in [-0.1, -0.05) is 0 Å². The number of nitrogens with zero attached hydrogens (tertiary/aromatic N) is 3. The van der Waals surface area contributed by atoms with Crippen LogP contribution in [0.15, 0.2) is 12.4 Å². The summed E-state index contributed by atoms with van der Waals surface area (Å²) >= 11 is 0. The monoisotopic (exact) mass is 332 g/mol. The van der Waals surface area contributed by atoms with Crippen LogP contribution in [0.1, 0.15) is 26.5 Å². The maximum atomic E-state index is 12.3. The van der Waals surface area contributed by atoms with E-state index in [0.717, 1.165) is 6.33 Å². The lowest BCUT2D eigenvalue weighted by molar-refractivity contribution is -0.127. The minimum Gasteiger partial charge on any atom is -0.444 e. The second kappa shape index (κ2) is 6.21. The molecule has 1 aromatic heterocycles. The lowest BCUT2D eigenvalue weighted by Crippen LogP contribution is -2.58. The molecule has 0 atom stereocenters. The predicted octanol–water partition coefficient (Wildman–Crippen LogP) is 2.61. The summed E-state index contributed by atoms with van der Waals surface area (Å²) in [6, 6.07) is 1.19. The van der Waals surface area contributed by atoms with Crippen LogP contribution < -0.4 is 5.32 Å². The number of rotatable bonds is 3. The summed E-state index contributed by atoms with van der Waals surface area (Å²) in [5, 5.41) is 2.98. The van der Waals surface area contributed by atoms with Gasteiger partial charge in [0.15, 0.2) is 0 Å². The molecule has 128 valence electrons. The van der Waals surface area contributed by atoms with Gasteiger partial charge in [-0.05, 0) is 20.8 Å². The SMILES string of the molecule is CC(C)(C)OC(=O)N1CC(Nc2cc(CC(F)(F)F)ncn2)C1. The molecule has 0 saturated carbocycles. The Hall–Kier alpha value is -2.06. The fourth-order valence-corrected chi connectivity index (χ4v) is 2.03. The Labute approximate surface area is 132 Å². The Morgan fingerprint density at radius 1 is 1.35 bits per heavy atom. The van der Waals surface area contributed by atoms with Gasteiger partial charge < -0.3 is 15.0 Å². The van der Waals surface area contributed by atoms with Crippen molar-refractivity contribution in [3.8, 4) is 0 Å². The van der Waals surface area contributed by atoms with Crippen LogP contribution in [0.5, 0.6) is 0 Å². The molecule has 2 heterocycles. The topological polar surface area (TPSA) is 67.3 Å². The maximum Gasteiger partial charge on any atom is 0.410 e. The number of hydrogen-bond donors (Lipinski definition) is 1. The molecule has 23 heavy (non-hydrogen) atoms. The molecule has 1 saturated heterocycles. The first-order chi connectivity index (χ1) is 10.5. The molecule has 0 radical (unpaired) electrons. The number of carbonyl (C=O) groups excluding carboxylic acids is 1. The minimum absolute atomic E-state index is 0.0730. The number of aromatic nitrogens is 2. The first-order valence-corrected chi connectivity index (χ1v) is 7.14. The van der Waals surface area contributed by atoms with E-state index in [1.807, 2.05) is 0 Å². The van der Waals surface area contributed by atoms with Gasteiger partial charge in [0.05, 0.1) is 18.2 Å². The average molecular weight is 332 g/mol. The van der Waals surface area contributed by atoms with E-state index in [4.69, 9.17) is 4.74 Å². The van der Waals surface area contributed by atoms with Crippen molar-refractivity contribution in [1.29, 1.82) is 0 Å². The number of alkyl halides is 3. The largest absolute Gasteiger partial charge is 0.444 e. The zero-order valence-electron chi connectivity index (χ0n) is 13.1. The summed E-state index contributed by atoms with van der Waals surface area (Å²) in [6.45, 7) is 6.16. The number of amides is 1. The second-order valence-electron chi connectivity index (χ2n) is 6.41. The Balaban J connectivity index is 1.84. The molecule has 1 aromatic rings. The first-order valence-electron chi connectivity index (χ1n) is 7.14. The molecular weight excluding hydrogens is 313 g/mol. The molecule has 2 rings (SSSR count). The number of carbonyl (C=O) groups is 1. The first kappa shape index (κ1) is 17.3. The highest BCUT2D eigenvalue weighted by molar-refractivity contribution is 5.69. The molecule has 1 aliphatic rings. The Morgan fingerprint density at radius 3 is 2.57 bits per heavy atom. The van der Waals surface area contributed by atoms with Gasteiger partial charge in [0.2, 0.25) is 0 Å². The lowest BCUT2D eigenvalue weighted by atomic mass is 10.1. The average Bonchev–Trinajstić information content (AvgIpc) is 2.29. The van der Waals surface area contributed by atoms with Crippen molar-refractivity contribution < 1.29 is 22.7 Å². The van der Waals surface area contributed by atoms with Crippen LogP contribution in [0.3, 0.4) is 0 Å². The molecule has 0 spiro atoms. The van der Waals surface area contributed by atoms with Crippen LogP contribution in [0.25, 0.3) is 0 Å². The van der Waals surface area contributed by atoms with E-state index >= 15 is 0 Å². The maximum absolute atomic E-state index is 12.3. The molecule has 0 bridgehead atoms. The highest BCUT2D eigenvalue weighted by atomic mass is 19.4. The number of ether oxygens (including phenoxy) is 1. The van der Waals surface area contributed by atoms with E-state index in [1.165, 1.54) is 11.0 Å². The third kappa shape index (κ3) is 5.57. The standard InChI is InChI=1S/C14H19F3N4O2/c1-13(2,3)23-12(22)21-6-10(7-21)20-11-4-9(18-8-19-11)5-14(15,16)17/h4,8,10H,5-7H2,1-3H3,(H,18,19,20). The summed E-state index contributed by atoms with van der Waals surface area (Å²) < 4.78 is 42.3. The van der Waals surface area contributed by atoms with Crippen LogP contribution in [-0.4, -0.2) is 51.9 Å². The number of anilines is 1. The van der Waals surface area contributed by atoms with Gasteiger partial charge in [-0.3, -0.25) is 0 Å². The summed E-state index contributed by atoms with van der Waals surface area (Å²) in [5.41, 5.74) is -0.660. The molecule has 1 fully saturated rings. The highest BCUT2D eigenvalue weighted by Gasteiger charge is 2.34. The molecule has 0 aromatic carbocycles. The lowest BCUT2D eigenvalue weighted by Gasteiger charge is -2.40. The van der Waals surface area contributed by atoms with E-state index in [2.05, 4.69) is 15.3 Å². The normalized spacial score (nSPS) is 16.0. The smallest absolute Gasteiger partial charge is 0.410 e. The zero-order chi connectivity index (χ0) is 17.3. The van der Waals surface area contributed by atoms with Crippen molar-refractivity contribution >= 4 is 11.9 Å². The molecule has 1 N–H and O–H groups in total. The summed E-state index contributed by atoms with van der Waals surface area (Å²) in [6.07, 6.45) is -4.72. The van der Waals surface area contributed by atoms with Crippen molar-refractivity contribution in [1.82, 2.24) is 14.9 Å². The summed E-state index contributed by atoms with van der Waals surface area (Å²) in [5.74, 6) is 0.313. The van der Waals surface area contributed by atoms with Crippen LogP contribution in [0.2, 0.25) is 0 Å². The van der Waals surface area contributed by atoms with E-state index < -0.39 is 24.3 Å². The Kier molecular flexibility index (Phi) is 4.67. The van der Waals surface area contributed by atoms with Gasteiger partial charge >= 0.3 is 12.3 Å². The molecule has 6 nitrogen and oxygen atoms in total. The van der Waals surface area contributed by atoms with Gasteiger partial charge in [0, 0.05) is 19.2 Å². The third-order valence-electron chi connectivity index (χ3n) is 2.99. The van der Waals surface area contributed by atoms with Gasteiger partial charge in [-0.25, -0.2) is 14.8 Å². The van der Waals surface area contributed by atoms with Gasteiger partial charge in [0.1, 0.15) is 17.7 Å². The number of nitrogens with one attached hydrogen (secondary N) is 1. The van der Waals surface area contributed by atoms with Crippen molar-refractivity contribution in [3.63, 3.8) is 0 Å². The fourth-order valence-electron chi connectivity index (χ4n) is 2.03. The zero-order valence-corrected chi connectivity index (χ0v) is 13.1. The fraction of sp³-hybridized carbons (Fsp3) is 0.643. The van der Waals surface area contributed by atoms with E-state index in [0.29, 0.717) is 18.9 Å². The minimum atomic E-state index is -4.31. The van der Waals surface area contributed by atoms with Crippen molar-refractivity contribution in [2.75, 3.05) is 18.4 Å². The van der Waals surface area contributed by atoms with Gasteiger partial charge in [0.25, 0.3) is 0 Å². The van der Waals surface area contributed by atoms with Gasteiger partial charge in [-0.15, -0.1) is 0 Å². The predicted molar refractivity (Wildman–Crippen MR) is 77.0 cm³/mol. The summed E-state index contributed by atoms with van der Waals surface area (Å²) in [7, 11) is 0. The van der Waals surface area contributed by atoms with E-state index in [1.54, 1.807) is 20.8 Å². The molecule has 9 heteroatoms. The Morgan fingerprint density at radius 2 is 2.00 bits per heavy atom. The van der Waals surface area contributed by atoms with Crippen LogP contribution >= 0.6 is 0 Å². The van der Waals surface area contributed by atoms with Crippen LogP contribution in [0, 0.1) is 0 Å². The number of halogens is 3. The van der Waals surface area contributed by atoms with E-state index in [-0.39, 0.29) is 11.7 Å². The third-order valence-corrected chi connectivity index (χ3v) is 2.99. The van der Waals surface area contributed by atoms with Gasteiger partial charge in [-0.2, -0.15) is 13.2 Å². The molecule has 1 aliphatic heterocycles. The van der Waals surface area contributed by atoms with Crippen LogP contribution in [0.4, 0.5) is 23.8 Å².